The molecule has 0 aliphatic rings. The van der Waals surface area contributed by atoms with Crippen molar-refractivity contribution in [3.63, 3.8) is 0 Å². The number of carbonyl (C=O) groups is 2. The molecule has 1 aromatic heterocycles. The Morgan fingerprint density at radius 2 is 1.88 bits per heavy atom. The van der Waals surface area contributed by atoms with Crippen LogP contribution in [0.4, 0.5) is 10.5 Å². The summed E-state index contributed by atoms with van der Waals surface area (Å²) in [7, 11) is 0. The minimum atomic E-state index is -0.885. The van der Waals surface area contributed by atoms with Crippen LogP contribution in [0.15, 0.2) is 60.0 Å². The summed E-state index contributed by atoms with van der Waals surface area (Å²) < 4.78 is 0. The average molecular weight is 366 g/mol. The van der Waals surface area contributed by atoms with E-state index in [1.807, 2.05) is 66.9 Å². The monoisotopic (exact) mass is 366 g/mol. The van der Waals surface area contributed by atoms with Crippen LogP contribution in [-0.4, -0.2) is 16.9 Å². The predicted molar refractivity (Wildman–Crippen MR) is 103 cm³/mol. The second-order valence-corrected chi connectivity index (χ2v) is 6.74. The zero-order chi connectivity index (χ0) is 18.5. The highest BCUT2D eigenvalue weighted by Gasteiger charge is 2.21. The van der Waals surface area contributed by atoms with Crippen molar-refractivity contribution in [1.29, 1.82) is 0 Å². The molecule has 0 bridgehead atoms. The summed E-state index contributed by atoms with van der Waals surface area (Å²) in [6.07, 6.45) is 0. The van der Waals surface area contributed by atoms with Crippen LogP contribution in [-0.2, 0) is 4.79 Å². The summed E-state index contributed by atoms with van der Waals surface area (Å²) in [5, 5.41) is 8.29. The number of amides is 3. The van der Waals surface area contributed by atoms with Gasteiger partial charge in [0.1, 0.15) is 6.04 Å². The molecule has 0 unspecified atom stereocenters. The number of carbonyl (C=O) groups excluding carboxylic acids is 2. The molecule has 0 spiro atoms. The molecule has 7 heteroatoms. The molecule has 0 aliphatic heterocycles. The van der Waals surface area contributed by atoms with E-state index in [1.165, 1.54) is 0 Å². The molecule has 0 aliphatic carbocycles. The Morgan fingerprint density at radius 1 is 1.12 bits per heavy atom. The van der Waals surface area contributed by atoms with Gasteiger partial charge in [0, 0.05) is 16.6 Å². The Morgan fingerprint density at radius 3 is 2.54 bits per heavy atom. The Hall–Kier alpha value is -3.19. The van der Waals surface area contributed by atoms with Gasteiger partial charge in [-0.25, -0.2) is 9.78 Å². The van der Waals surface area contributed by atoms with Crippen molar-refractivity contribution in [1.82, 2.24) is 10.3 Å². The van der Waals surface area contributed by atoms with E-state index in [4.69, 9.17) is 5.73 Å². The van der Waals surface area contributed by atoms with Crippen molar-refractivity contribution in [2.75, 3.05) is 5.32 Å². The van der Waals surface area contributed by atoms with Crippen molar-refractivity contribution >= 4 is 29.0 Å². The number of benzene rings is 2. The number of rotatable bonds is 5. The number of aromatic nitrogens is 1. The zero-order valence-corrected chi connectivity index (χ0v) is 14.9. The maximum Gasteiger partial charge on any atom is 0.318 e. The molecule has 1 heterocycles. The lowest BCUT2D eigenvalue weighted by Crippen LogP contribution is -2.40. The molecule has 0 radical (unpaired) electrons. The average Bonchev–Trinajstić information content (AvgIpc) is 3.06. The maximum absolute atomic E-state index is 12.4. The molecular formula is C19H18N4O2S. The lowest BCUT2D eigenvalue weighted by Gasteiger charge is -2.19. The van der Waals surface area contributed by atoms with E-state index in [-0.39, 0.29) is 0 Å². The summed E-state index contributed by atoms with van der Waals surface area (Å²) >= 11 is 1.58. The van der Waals surface area contributed by atoms with Gasteiger partial charge in [0.15, 0.2) is 0 Å². The molecule has 0 saturated heterocycles. The number of aryl methyl sites for hydroxylation is 1. The van der Waals surface area contributed by atoms with Gasteiger partial charge in [-0.3, -0.25) is 10.1 Å². The lowest BCUT2D eigenvalue weighted by molar-refractivity contribution is -0.120. The Bertz CT molecular complexity index is 924. The maximum atomic E-state index is 12.4. The van der Waals surface area contributed by atoms with E-state index in [0.29, 0.717) is 0 Å². The van der Waals surface area contributed by atoms with Crippen LogP contribution in [0, 0.1) is 6.92 Å². The molecule has 3 rings (SSSR count). The van der Waals surface area contributed by atoms with Crippen molar-refractivity contribution in [2.45, 2.75) is 13.0 Å². The van der Waals surface area contributed by atoms with Gasteiger partial charge in [-0.2, -0.15) is 0 Å². The van der Waals surface area contributed by atoms with E-state index in [1.54, 1.807) is 11.3 Å². The van der Waals surface area contributed by atoms with Crippen LogP contribution in [0.3, 0.4) is 0 Å². The van der Waals surface area contributed by atoms with E-state index in [0.717, 1.165) is 27.5 Å². The SMILES string of the molecule is Cc1nc(-c2cccc(N[C@H](C(=O)NC(N)=O)c3ccccc3)c2)cs1. The van der Waals surface area contributed by atoms with Gasteiger partial charge in [0.25, 0.3) is 5.91 Å². The van der Waals surface area contributed by atoms with E-state index >= 15 is 0 Å². The predicted octanol–water partition coefficient (Wildman–Crippen LogP) is 3.47. The molecule has 6 nitrogen and oxygen atoms in total. The normalized spacial score (nSPS) is 11.6. The summed E-state index contributed by atoms with van der Waals surface area (Å²) in [5.74, 6) is -0.515. The summed E-state index contributed by atoms with van der Waals surface area (Å²) in [6, 6.07) is 15.1. The van der Waals surface area contributed by atoms with E-state index in [2.05, 4.69) is 15.6 Å². The number of nitrogens with zero attached hydrogens (tertiary/aromatic N) is 1. The first kappa shape index (κ1) is 17.6. The smallest absolute Gasteiger partial charge is 0.318 e. The largest absolute Gasteiger partial charge is 0.370 e. The fraction of sp³-hybridized carbons (Fsp3) is 0.105. The molecule has 2 aromatic carbocycles. The first-order valence-corrected chi connectivity index (χ1v) is 8.85. The minimum absolute atomic E-state index is 0.515. The quantitative estimate of drug-likeness (QED) is 0.644. The molecule has 1 atom stereocenters. The fourth-order valence-electron chi connectivity index (χ4n) is 2.57. The second kappa shape index (κ2) is 7.79. The number of hydrogen-bond acceptors (Lipinski definition) is 5. The number of imide groups is 1. The van der Waals surface area contributed by atoms with Gasteiger partial charge in [-0.15, -0.1) is 11.3 Å². The third kappa shape index (κ3) is 4.25. The third-order valence-corrected chi connectivity index (χ3v) is 4.50. The summed E-state index contributed by atoms with van der Waals surface area (Å²) in [6.45, 7) is 1.95. The number of nitrogens with two attached hydrogens (primary N) is 1. The molecule has 0 fully saturated rings. The number of urea groups is 1. The highest BCUT2D eigenvalue weighted by atomic mass is 32.1. The van der Waals surface area contributed by atoms with Gasteiger partial charge in [0.2, 0.25) is 0 Å². The van der Waals surface area contributed by atoms with Crippen LogP contribution in [0.5, 0.6) is 0 Å². The summed E-state index contributed by atoms with van der Waals surface area (Å²) in [5.41, 5.74) is 8.39. The topological polar surface area (TPSA) is 97.1 Å². The molecule has 4 N–H and O–H groups in total. The molecule has 3 aromatic rings. The lowest BCUT2D eigenvalue weighted by atomic mass is 10.1. The number of thiazole rings is 1. The number of primary amides is 1. The fourth-order valence-corrected chi connectivity index (χ4v) is 3.19. The highest BCUT2D eigenvalue weighted by Crippen LogP contribution is 2.26. The van der Waals surface area contributed by atoms with Gasteiger partial charge in [-0.1, -0.05) is 42.5 Å². The van der Waals surface area contributed by atoms with Gasteiger partial charge in [-0.05, 0) is 24.6 Å². The molecule has 26 heavy (non-hydrogen) atoms. The van der Waals surface area contributed by atoms with Gasteiger partial charge >= 0.3 is 6.03 Å². The van der Waals surface area contributed by atoms with Crippen molar-refractivity contribution < 1.29 is 9.59 Å². The van der Waals surface area contributed by atoms with Crippen molar-refractivity contribution in [3.05, 3.63) is 70.5 Å². The zero-order valence-electron chi connectivity index (χ0n) is 14.1. The number of nitrogens with one attached hydrogen (secondary N) is 2. The molecule has 132 valence electrons. The minimum Gasteiger partial charge on any atom is -0.370 e. The number of anilines is 1. The first-order valence-electron chi connectivity index (χ1n) is 7.97. The third-order valence-electron chi connectivity index (χ3n) is 3.73. The van der Waals surface area contributed by atoms with Crippen LogP contribution >= 0.6 is 11.3 Å². The van der Waals surface area contributed by atoms with Crippen LogP contribution in [0.2, 0.25) is 0 Å². The van der Waals surface area contributed by atoms with Crippen LogP contribution in [0.25, 0.3) is 11.3 Å². The Balaban J connectivity index is 1.89. The van der Waals surface area contributed by atoms with Crippen molar-refractivity contribution in [2.24, 2.45) is 5.73 Å². The molecule has 3 amide bonds. The molecule has 0 saturated carbocycles. The van der Waals surface area contributed by atoms with Gasteiger partial charge in [0.05, 0.1) is 10.7 Å². The van der Waals surface area contributed by atoms with Crippen LogP contribution < -0.4 is 16.4 Å². The second-order valence-electron chi connectivity index (χ2n) is 5.67. The van der Waals surface area contributed by atoms with Gasteiger partial charge < -0.3 is 11.1 Å². The Kier molecular flexibility index (Phi) is 5.28. The van der Waals surface area contributed by atoms with Crippen LogP contribution in [0.1, 0.15) is 16.6 Å². The Labute approximate surface area is 155 Å². The molecular weight excluding hydrogens is 348 g/mol. The number of hydrogen-bond donors (Lipinski definition) is 3. The van der Waals surface area contributed by atoms with E-state index in [9.17, 15) is 9.59 Å². The van der Waals surface area contributed by atoms with E-state index < -0.39 is 18.0 Å². The highest BCUT2D eigenvalue weighted by molar-refractivity contribution is 7.09. The standard InChI is InChI=1S/C19H18N4O2S/c1-12-21-16(11-26-12)14-8-5-9-15(10-14)22-17(18(24)23-19(20)25)13-6-3-2-4-7-13/h2-11,17,22H,1H3,(H3,20,23,24,25)/t17-/m0/s1. The summed E-state index contributed by atoms with van der Waals surface area (Å²) in [4.78, 5) is 28.0. The first-order chi connectivity index (χ1) is 12.5. The van der Waals surface area contributed by atoms with Crippen molar-refractivity contribution in [3.8, 4) is 11.3 Å².